The number of phosphoric ester groups is 1. The van der Waals surface area contributed by atoms with Gasteiger partial charge in [-0.25, -0.2) is 4.57 Å². The quantitative estimate of drug-likeness (QED) is 0.0546. The van der Waals surface area contributed by atoms with Gasteiger partial charge in [-0.2, -0.15) is 0 Å². The molecule has 6 heteroatoms. The monoisotopic (exact) mass is 632 g/mol. The first-order valence-corrected chi connectivity index (χ1v) is 20.9. The Kier molecular flexibility index (Phi) is 35.0. The molecule has 0 bridgehead atoms. The van der Waals surface area contributed by atoms with E-state index in [1.165, 1.54) is 180 Å². The van der Waals surface area contributed by atoms with Gasteiger partial charge in [-0.05, 0) is 51.7 Å². The van der Waals surface area contributed by atoms with Crippen molar-refractivity contribution in [2.45, 2.75) is 207 Å². The summed E-state index contributed by atoms with van der Waals surface area (Å²) in [5.74, 6) is 0. The van der Waals surface area contributed by atoms with E-state index in [-0.39, 0.29) is 0 Å². The van der Waals surface area contributed by atoms with Crippen molar-refractivity contribution in [1.82, 2.24) is 4.90 Å². The van der Waals surface area contributed by atoms with Gasteiger partial charge >= 0.3 is 7.82 Å². The van der Waals surface area contributed by atoms with E-state index in [0.29, 0.717) is 13.2 Å². The molecule has 0 spiro atoms. The van der Waals surface area contributed by atoms with Gasteiger partial charge in [-0.1, -0.05) is 175 Å². The summed E-state index contributed by atoms with van der Waals surface area (Å²) in [4.78, 5) is 12.6. The highest BCUT2D eigenvalue weighted by atomic mass is 31.2. The minimum atomic E-state index is -3.87. The summed E-state index contributed by atoms with van der Waals surface area (Å²) in [6.45, 7) is 11.4. The van der Waals surface area contributed by atoms with Crippen LogP contribution in [0.3, 0.4) is 0 Å². The van der Waals surface area contributed by atoms with E-state index in [0.717, 1.165) is 25.7 Å². The molecule has 1 unspecified atom stereocenters. The first-order chi connectivity index (χ1) is 21.1. The lowest BCUT2D eigenvalue weighted by Crippen LogP contribution is -2.27. The number of unbranched alkanes of at least 4 members (excludes halogenated alkanes) is 25. The third-order valence-electron chi connectivity index (χ3n) is 8.78. The van der Waals surface area contributed by atoms with Gasteiger partial charge in [-0.3, -0.25) is 9.05 Å². The second kappa shape index (κ2) is 34.9. The minimum Gasteiger partial charge on any atom is -0.303 e. The van der Waals surface area contributed by atoms with E-state index in [1.807, 2.05) is 0 Å². The first-order valence-electron chi connectivity index (χ1n) is 19.4. The molecule has 0 aliphatic heterocycles. The SMILES string of the molecule is CCCCCCCCCOP(=O)(O)OCCCCCCCCCCCCN(CCCCCCCC)CCCCCCCC. The zero-order valence-electron chi connectivity index (χ0n) is 29.6. The Morgan fingerprint density at radius 2 is 0.628 bits per heavy atom. The molecule has 5 nitrogen and oxygen atoms in total. The lowest BCUT2D eigenvalue weighted by molar-refractivity contribution is 0.145. The fourth-order valence-electron chi connectivity index (χ4n) is 5.87. The standard InChI is InChI=1S/C37H78NO4P/c1-4-7-10-13-21-26-31-36-41-43(39,40)42-37-32-27-22-19-17-16-18-20-25-30-35-38(33-28-23-14-11-8-5-2)34-29-24-15-12-9-6-3/h4-37H2,1-3H3,(H,39,40). The Balaban J connectivity index is 3.68. The van der Waals surface area contributed by atoms with Gasteiger partial charge in [0.25, 0.3) is 0 Å². The van der Waals surface area contributed by atoms with Crippen molar-refractivity contribution in [3.8, 4) is 0 Å². The van der Waals surface area contributed by atoms with E-state index in [4.69, 9.17) is 9.05 Å². The average Bonchev–Trinajstić information content (AvgIpc) is 2.99. The maximum Gasteiger partial charge on any atom is 0.472 e. The third kappa shape index (κ3) is 34.8. The van der Waals surface area contributed by atoms with E-state index < -0.39 is 7.82 Å². The van der Waals surface area contributed by atoms with E-state index >= 15 is 0 Å². The van der Waals surface area contributed by atoms with Crippen LogP contribution in [0.1, 0.15) is 207 Å². The lowest BCUT2D eigenvalue weighted by atomic mass is 10.1. The molecule has 1 atom stereocenters. The highest BCUT2D eigenvalue weighted by molar-refractivity contribution is 7.47. The molecule has 0 aromatic heterocycles. The van der Waals surface area contributed by atoms with E-state index in [9.17, 15) is 9.46 Å². The third-order valence-corrected chi connectivity index (χ3v) is 9.80. The van der Waals surface area contributed by atoms with Crippen LogP contribution < -0.4 is 0 Å². The number of hydrogen-bond acceptors (Lipinski definition) is 4. The minimum absolute atomic E-state index is 0.318. The summed E-state index contributed by atoms with van der Waals surface area (Å²) in [7, 11) is -3.87. The second-order valence-corrected chi connectivity index (χ2v) is 14.6. The van der Waals surface area contributed by atoms with Crippen LogP contribution in [0.4, 0.5) is 0 Å². The summed E-state index contributed by atoms with van der Waals surface area (Å²) >= 11 is 0. The summed E-state index contributed by atoms with van der Waals surface area (Å²) in [5.41, 5.74) is 0. The molecule has 0 amide bonds. The lowest BCUT2D eigenvalue weighted by Gasteiger charge is -2.22. The van der Waals surface area contributed by atoms with Gasteiger partial charge in [0.1, 0.15) is 0 Å². The largest absolute Gasteiger partial charge is 0.472 e. The van der Waals surface area contributed by atoms with Crippen LogP contribution >= 0.6 is 7.82 Å². The average molecular weight is 632 g/mol. The Morgan fingerprint density at radius 1 is 0.395 bits per heavy atom. The molecular formula is C37H78NO4P. The van der Waals surface area contributed by atoms with Crippen LogP contribution in [-0.2, 0) is 13.6 Å². The zero-order valence-corrected chi connectivity index (χ0v) is 30.5. The summed E-state index contributed by atoms with van der Waals surface area (Å²) < 4.78 is 22.3. The number of nitrogens with zero attached hydrogens (tertiary/aromatic N) is 1. The van der Waals surface area contributed by atoms with Crippen LogP contribution in [0.5, 0.6) is 0 Å². The van der Waals surface area contributed by atoms with Crippen LogP contribution in [0, 0.1) is 0 Å². The van der Waals surface area contributed by atoms with Gasteiger partial charge in [-0.15, -0.1) is 0 Å². The molecule has 0 fully saturated rings. The Morgan fingerprint density at radius 3 is 0.907 bits per heavy atom. The van der Waals surface area contributed by atoms with Crippen molar-refractivity contribution in [2.24, 2.45) is 0 Å². The highest BCUT2D eigenvalue weighted by Gasteiger charge is 2.19. The molecule has 43 heavy (non-hydrogen) atoms. The van der Waals surface area contributed by atoms with E-state index in [1.54, 1.807) is 0 Å². The Labute approximate surface area is 270 Å². The number of phosphoric acid groups is 1. The molecule has 0 aliphatic rings. The van der Waals surface area contributed by atoms with Crippen molar-refractivity contribution >= 4 is 7.82 Å². The van der Waals surface area contributed by atoms with Gasteiger partial charge in [0.05, 0.1) is 13.2 Å². The Bertz CT molecular complexity index is 561. The molecule has 1 N–H and O–H groups in total. The van der Waals surface area contributed by atoms with Crippen molar-refractivity contribution < 1.29 is 18.5 Å². The molecular weight excluding hydrogens is 553 g/mol. The molecule has 0 saturated heterocycles. The second-order valence-electron chi connectivity index (χ2n) is 13.2. The normalized spacial score (nSPS) is 13.2. The fraction of sp³-hybridized carbons (Fsp3) is 1.00. The van der Waals surface area contributed by atoms with Gasteiger partial charge in [0.2, 0.25) is 0 Å². The maximum atomic E-state index is 12.0. The van der Waals surface area contributed by atoms with Gasteiger partial charge < -0.3 is 9.79 Å². The van der Waals surface area contributed by atoms with Gasteiger partial charge in [0, 0.05) is 0 Å². The van der Waals surface area contributed by atoms with Crippen molar-refractivity contribution in [3.05, 3.63) is 0 Å². The first kappa shape index (κ1) is 43.1. The van der Waals surface area contributed by atoms with Crippen molar-refractivity contribution in [1.29, 1.82) is 0 Å². The molecule has 0 radical (unpaired) electrons. The van der Waals surface area contributed by atoms with E-state index in [2.05, 4.69) is 25.7 Å². The Hall–Kier alpha value is 0.0700. The molecule has 0 heterocycles. The van der Waals surface area contributed by atoms with Crippen molar-refractivity contribution in [3.63, 3.8) is 0 Å². The predicted octanol–water partition coefficient (Wildman–Crippen LogP) is 12.8. The molecule has 0 aliphatic carbocycles. The maximum absolute atomic E-state index is 12.0. The number of hydrogen-bond donors (Lipinski definition) is 1. The molecule has 0 aromatic carbocycles. The number of rotatable bonds is 37. The highest BCUT2D eigenvalue weighted by Crippen LogP contribution is 2.43. The van der Waals surface area contributed by atoms with Crippen LogP contribution in [0.15, 0.2) is 0 Å². The molecule has 260 valence electrons. The zero-order chi connectivity index (χ0) is 31.5. The fourth-order valence-corrected chi connectivity index (χ4v) is 6.67. The van der Waals surface area contributed by atoms with Gasteiger partial charge in [0.15, 0.2) is 0 Å². The topological polar surface area (TPSA) is 59.0 Å². The van der Waals surface area contributed by atoms with Crippen LogP contribution in [0.25, 0.3) is 0 Å². The summed E-state index contributed by atoms with van der Waals surface area (Å²) in [6.07, 6.45) is 37.4. The summed E-state index contributed by atoms with van der Waals surface area (Å²) in [6, 6.07) is 0. The van der Waals surface area contributed by atoms with Crippen LogP contribution in [-0.4, -0.2) is 42.6 Å². The predicted molar refractivity (Wildman–Crippen MR) is 189 cm³/mol. The summed E-state index contributed by atoms with van der Waals surface area (Å²) in [5, 5.41) is 0. The smallest absolute Gasteiger partial charge is 0.303 e. The molecule has 0 saturated carbocycles. The van der Waals surface area contributed by atoms with Crippen molar-refractivity contribution in [2.75, 3.05) is 32.8 Å². The van der Waals surface area contributed by atoms with Crippen LogP contribution in [0.2, 0.25) is 0 Å². The molecule has 0 aromatic rings. The molecule has 0 rings (SSSR count).